The predicted molar refractivity (Wildman–Crippen MR) is 51.6 cm³/mol. The zero-order chi connectivity index (χ0) is 13.1. The summed E-state index contributed by atoms with van der Waals surface area (Å²) in [6.45, 7) is 0.0304. The molecule has 1 atom stereocenters. The van der Waals surface area contributed by atoms with Crippen molar-refractivity contribution in [3.05, 3.63) is 29.6 Å². The number of aromatic hydroxyl groups is 1. The van der Waals surface area contributed by atoms with Crippen LogP contribution in [0.1, 0.15) is 18.5 Å². The van der Waals surface area contributed by atoms with Gasteiger partial charge in [-0.15, -0.1) is 0 Å². The lowest BCUT2D eigenvalue weighted by atomic mass is 10.1. The van der Waals surface area contributed by atoms with Crippen molar-refractivity contribution in [3.8, 4) is 5.75 Å². The molecule has 2 N–H and O–H groups in total. The Labute approximate surface area is 95.0 Å². The molecule has 3 nitrogen and oxygen atoms in total. The fraction of sp³-hybridized carbons (Fsp3) is 0.400. The molecule has 1 rings (SSSR count). The molecule has 7 heteroatoms. The first-order chi connectivity index (χ1) is 7.79. The largest absolute Gasteiger partial charge is 0.508 e. The monoisotopic (exact) mass is 253 g/mol. The lowest BCUT2D eigenvalue weighted by molar-refractivity contribution is -0.192. The molecular weight excluding hydrogens is 242 g/mol. The maximum atomic E-state index is 12.7. The summed E-state index contributed by atoms with van der Waals surface area (Å²) in [6.07, 6.45) is -4.43. The van der Waals surface area contributed by atoms with Crippen LogP contribution in [-0.2, 0) is 4.84 Å². The van der Waals surface area contributed by atoms with Gasteiger partial charge in [0, 0.05) is 11.6 Å². The van der Waals surface area contributed by atoms with E-state index in [1.54, 1.807) is 0 Å². The van der Waals surface area contributed by atoms with Crippen molar-refractivity contribution < 1.29 is 27.5 Å². The Morgan fingerprint density at radius 3 is 2.59 bits per heavy atom. The van der Waals surface area contributed by atoms with Crippen molar-refractivity contribution in [2.45, 2.75) is 19.1 Å². The minimum Gasteiger partial charge on any atom is -0.508 e. The van der Waals surface area contributed by atoms with Gasteiger partial charge < -0.3 is 5.11 Å². The van der Waals surface area contributed by atoms with E-state index in [0.29, 0.717) is 0 Å². The molecule has 96 valence electrons. The molecule has 0 spiro atoms. The van der Waals surface area contributed by atoms with Gasteiger partial charge in [0.1, 0.15) is 11.6 Å². The third kappa shape index (κ3) is 4.58. The number of phenolic OH excluding ortho intramolecular Hbond substituents is 1. The van der Waals surface area contributed by atoms with Gasteiger partial charge in [0.25, 0.3) is 0 Å². The van der Waals surface area contributed by atoms with Gasteiger partial charge in [0.05, 0.1) is 6.04 Å². The highest BCUT2D eigenvalue weighted by atomic mass is 19.4. The Hall–Kier alpha value is -1.34. The van der Waals surface area contributed by atoms with E-state index in [1.807, 2.05) is 0 Å². The van der Waals surface area contributed by atoms with E-state index >= 15 is 0 Å². The van der Waals surface area contributed by atoms with E-state index in [-0.39, 0.29) is 11.3 Å². The second-order valence-electron chi connectivity index (χ2n) is 3.45. The Morgan fingerprint density at radius 1 is 1.41 bits per heavy atom. The van der Waals surface area contributed by atoms with Crippen LogP contribution in [0.15, 0.2) is 18.2 Å². The first-order valence-electron chi connectivity index (χ1n) is 4.72. The molecule has 1 unspecified atom stereocenters. The number of hydroxylamine groups is 1. The molecule has 0 fully saturated rings. The molecular formula is C10H11F4NO2. The SMILES string of the molecule is CC(NOCC(F)(F)F)c1ccc(F)cc1O. The lowest BCUT2D eigenvalue weighted by Gasteiger charge is -2.16. The molecule has 0 aliphatic heterocycles. The van der Waals surface area contributed by atoms with Crippen molar-refractivity contribution in [1.29, 1.82) is 0 Å². The zero-order valence-electron chi connectivity index (χ0n) is 8.88. The highest BCUT2D eigenvalue weighted by Crippen LogP contribution is 2.24. The fourth-order valence-corrected chi connectivity index (χ4v) is 1.19. The molecule has 0 amide bonds. The Bertz CT molecular complexity index is 381. The summed E-state index contributed by atoms with van der Waals surface area (Å²) in [5, 5.41) is 9.36. The van der Waals surface area contributed by atoms with Crippen LogP contribution in [-0.4, -0.2) is 17.9 Å². The highest BCUT2D eigenvalue weighted by Gasteiger charge is 2.28. The molecule has 0 heterocycles. The molecule has 1 aromatic rings. The number of nitrogens with one attached hydrogen (secondary N) is 1. The average Bonchev–Trinajstić information content (AvgIpc) is 2.15. The smallest absolute Gasteiger partial charge is 0.413 e. The molecule has 0 saturated heterocycles. The average molecular weight is 253 g/mol. The van der Waals surface area contributed by atoms with Gasteiger partial charge in [-0.2, -0.15) is 18.7 Å². The fourth-order valence-electron chi connectivity index (χ4n) is 1.19. The molecule has 1 aromatic carbocycles. The maximum absolute atomic E-state index is 12.7. The first kappa shape index (κ1) is 13.7. The van der Waals surface area contributed by atoms with E-state index in [4.69, 9.17) is 0 Å². The van der Waals surface area contributed by atoms with E-state index < -0.39 is 24.6 Å². The number of alkyl halides is 3. The second-order valence-corrected chi connectivity index (χ2v) is 3.45. The number of rotatable bonds is 4. The van der Waals surface area contributed by atoms with Crippen LogP contribution in [0.5, 0.6) is 5.75 Å². The molecule has 0 aromatic heterocycles. The van der Waals surface area contributed by atoms with Crippen molar-refractivity contribution in [1.82, 2.24) is 5.48 Å². The van der Waals surface area contributed by atoms with Gasteiger partial charge in [-0.25, -0.2) is 4.39 Å². The lowest BCUT2D eigenvalue weighted by Crippen LogP contribution is -2.26. The zero-order valence-corrected chi connectivity index (χ0v) is 8.88. The van der Waals surface area contributed by atoms with Gasteiger partial charge in [-0.05, 0) is 13.0 Å². The summed E-state index contributed by atoms with van der Waals surface area (Å²) in [4.78, 5) is 4.22. The van der Waals surface area contributed by atoms with Gasteiger partial charge in [0.2, 0.25) is 0 Å². The quantitative estimate of drug-likeness (QED) is 0.640. The molecule has 17 heavy (non-hydrogen) atoms. The topological polar surface area (TPSA) is 41.5 Å². The maximum Gasteiger partial charge on any atom is 0.413 e. The number of hydrogen-bond donors (Lipinski definition) is 2. The van der Waals surface area contributed by atoms with Crippen LogP contribution in [0, 0.1) is 5.82 Å². The minimum atomic E-state index is -4.43. The van der Waals surface area contributed by atoms with Crippen molar-refractivity contribution in [2.24, 2.45) is 0 Å². The normalized spacial score (nSPS) is 13.7. The minimum absolute atomic E-state index is 0.244. The van der Waals surface area contributed by atoms with Crippen LogP contribution in [0.4, 0.5) is 17.6 Å². The summed E-state index contributed by atoms with van der Waals surface area (Å²) in [6, 6.07) is 2.53. The summed E-state index contributed by atoms with van der Waals surface area (Å²) >= 11 is 0. The first-order valence-corrected chi connectivity index (χ1v) is 4.72. The summed E-state index contributed by atoms with van der Waals surface area (Å²) in [5.74, 6) is -0.977. The third-order valence-electron chi connectivity index (χ3n) is 1.95. The van der Waals surface area contributed by atoms with Crippen LogP contribution < -0.4 is 5.48 Å². The molecule has 0 bridgehead atoms. The highest BCUT2D eigenvalue weighted by molar-refractivity contribution is 5.34. The van der Waals surface area contributed by atoms with Gasteiger partial charge in [-0.1, -0.05) is 6.07 Å². The van der Waals surface area contributed by atoms with E-state index in [1.165, 1.54) is 13.0 Å². The number of benzene rings is 1. The van der Waals surface area contributed by atoms with Crippen molar-refractivity contribution >= 4 is 0 Å². The third-order valence-corrected chi connectivity index (χ3v) is 1.95. The molecule has 0 radical (unpaired) electrons. The second kappa shape index (κ2) is 5.33. The number of halogens is 4. The van der Waals surface area contributed by atoms with Crippen molar-refractivity contribution in [3.63, 3.8) is 0 Å². The van der Waals surface area contributed by atoms with Gasteiger partial charge in [0.15, 0.2) is 6.61 Å². The van der Waals surface area contributed by atoms with Crippen LogP contribution in [0.25, 0.3) is 0 Å². The number of hydrogen-bond acceptors (Lipinski definition) is 3. The van der Waals surface area contributed by atoms with Crippen LogP contribution in [0.3, 0.4) is 0 Å². The molecule has 0 saturated carbocycles. The Balaban J connectivity index is 2.55. The van der Waals surface area contributed by atoms with Crippen LogP contribution >= 0.6 is 0 Å². The molecule has 0 aliphatic carbocycles. The standard InChI is InChI=1S/C10H11F4NO2/c1-6(15-17-5-10(12,13)14)8-3-2-7(11)4-9(8)16/h2-4,6,15-16H,5H2,1H3. The van der Waals surface area contributed by atoms with Crippen LogP contribution in [0.2, 0.25) is 0 Å². The van der Waals surface area contributed by atoms with E-state index in [9.17, 15) is 22.7 Å². The van der Waals surface area contributed by atoms with Gasteiger partial charge >= 0.3 is 6.18 Å². The van der Waals surface area contributed by atoms with E-state index in [0.717, 1.165) is 12.1 Å². The van der Waals surface area contributed by atoms with Gasteiger partial charge in [-0.3, -0.25) is 4.84 Å². The predicted octanol–water partition coefficient (Wildman–Crippen LogP) is 2.68. The van der Waals surface area contributed by atoms with E-state index in [2.05, 4.69) is 10.3 Å². The van der Waals surface area contributed by atoms with Crippen molar-refractivity contribution in [2.75, 3.05) is 6.61 Å². The summed E-state index contributed by atoms with van der Waals surface area (Å²) < 4.78 is 48.0. The number of phenols is 1. The summed E-state index contributed by atoms with van der Waals surface area (Å²) in [5.41, 5.74) is 2.36. The molecule has 0 aliphatic rings. The Kier molecular flexibility index (Phi) is 4.30. The summed E-state index contributed by atoms with van der Waals surface area (Å²) in [7, 11) is 0. The Morgan fingerprint density at radius 2 is 2.06 bits per heavy atom.